The second kappa shape index (κ2) is 5.37. The Bertz CT molecular complexity index is 780. The molecule has 4 heteroatoms. The zero-order valence-corrected chi connectivity index (χ0v) is 12.7. The van der Waals surface area contributed by atoms with E-state index in [0.29, 0.717) is 0 Å². The van der Waals surface area contributed by atoms with Gasteiger partial charge in [0.25, 0.3) is 0 Å². The van der Waals surface area contributed by atoms with E-state index in [1.807, 2.05) is 42.5 Å². The van der Waals surface area contributed by atoms with Crippen molar-refractivity contribution in [1.82, 2.24) is 0 Å². The number of aliphatic carboxylic acids is 1. The Morgan fingerprint density at radius 1 is 0.957 bits per heavy atom. The maximum Gasteiger partial charge on any atom is 0.307 e. The Morgan fingerprint density at radius 2 is 1.65 bits per heavy atom. The van der Waals surface area contributed by atoms with Crippen molar-refractivity contribution in [3.05, 3.63) is 42.5 Å². The summed E-state index contributed by atoms with van der Waals surface area (Å²) in [6, 6.07) is 13.7. The fraction of sp³-hybridized carbons (Fsp3) is 0.368. The van der Waals surface area contributed by atoms with Gasteiger partial charge in [-0.3, -0.25) is 9.59 Å². The van der Waals surface area contributed by atoms with Crippen LogP contribution >= 0.6 is 0 Å². The Balaban J connectivity index is 1.63. The van der Waals surface area contributed by atoms with Crippen LogP contribution < -0.4 is 5.32 Å². The molecule has 2 aliphatic carbocycles. The maximum absolute atomic E-state index is 12.8. The summed E-state index contributed by atoms with van der Waals surface area (Å²) in [6.07, 6.45) is 2.80. The van der Waals surface area contributed by atoms with E-state index in [-0.39, 0.29) is 17.7 Å². The zero-order valence-electron chi connectivity index (χ0n) is 12.7. The van der Waals surface area contributed by atoms with E-state index in [2.05, 4.69) is 5.32 Å². The monoisotopic (exact) mass is 309 g/mol. The zero-order chi connectivity index (χ0) is 16.0. The van der Waals surface area contributed by atoms with Gasteiger partial charge in [-0.15, -0.1) is 0 Å². The van der Waals surface area contributed by atoms with Gasteiger partial charge in [0.05, 0.1) is 11.8 Å². The number of carbonyl (C=O) groups excluding carboxylic acids is 1. The third-order valence-corrected chi connectivity index (χ3v) is 5.55. The molecule has 2 aromatic rings. The normalized spacial score (nSPS) is 28.9. The van der Waals surface area contributed by atoms with Crippen LogP contribution in [-0.4, -0.2) is 17.0 Å². The first-order valence-electron chi connectivity index (χ1n) is 8.16. The minimum absolute atomic E-state index is 0.138. The maximum atomic E-state index is 12.8. The Labute approximate surface area is 134 Å². The number of nitrogens with one attached hydrogen (secondary N) is 1. The second-order valence-electron chi connectivity index (χ2n) is 6.74. The van der Waals surface area contributed by atoms with E-state index in [0.717, 1.165) is 35.7 Å². The lowest BCUT2D eigenvalue weighted by molar-refractivity contribution is -0.148. The molecule has 2 N–H and O–H groups in total. The van der Waals surface area contributed by atoms with Crippen LogP contribution in [0.15, 0.2) is 42.5 Å². The highest BCUT2D eigenvalue weighted by atomic mass is 16.4. The first-order valence-corrected chi connectivity index (χ1v) is 8.16. The van der Waals surface area contributed by atoms with E-state index in [4.69, 9.17) is 0 Å². The number of benzene rings is 2. The molecule has 1 amide bonds. The molecule has 0 spiro atoms. The number of hydrogen-bond donors (Lipinski definition) is 2. The molecule has 118 valence electrons. The van der Waals surface area contributed by atoms with Gasteiger partial charge < -0.3 is 10.4 Å². The van der Waals surface area contributed by atoms with E-state index in [9.17, 15) is 14.7 Å². The van der Waals surface area contributed by atoms with Crippen molar-refractivity contribution in [3.8, 4) is 0 Å². The molecule has 0 radical (unpaired) electrons. The number of fused-ring (bicyclic) bond motifs is 3. The number of carbonyl (C=O) groups is 2. The van der Waals surface area contributed by atoms with Crippen LogP contribution in [0.25, 0.3) is 10.8 Å². The van der Waals surface area contributed by atoms with Crippen molar-refractivity contribution in [1.29, 1.82) is 0 Å². The fourth-order valence-electron chi connectivity index (χ4n) is 4.57. The molecule has 0 aliphatic heterocycles. The fourth-order valence-corrected chi connectivity index (χ4v) is 4.57. The number of carboxylic acids is 1. The average molecular weight is 309 g/mol. The smallest absolute Gasteiger partial charge is 0.307 e. The van der Waals surface area contributed by atoms with Crippen molar-refractivity contribution in [2.24, 2.45) is 23.7 Å². The summed E-state index contributed by atoms with van der Waals surface area (Å²) in [5, 5.41) is 14.6. The molecule has 0 unspecified atom stereocenters. The Morgan fingerprint density at radius 3 is 2.43 bits per heavy atom. The summed E-state index contributed by atoms with van der Waals surface area (Å²) in [6.45, 7) is 0. The molecular weight excluding hydrogens is 290 g/mol. The van der Waals surface area contributed by atoms with Gasteiger partial charge in [0.1, 0.15) is 0 Å². The van der Waals surface area contributed by atoms with E-state index >= 15 is 0 Å². The molecule has 4 rings (SSSR count). The first kappa shape index (κ1) is 14.2. The predicted molar refractivity (Wildman–Crippen MR) is 88.0 cm³/mol. The third-order valence-electron chi connectivity index (χ3n) is 5.55. The molecular formula is C19H19NO3. The van der Waals surface area contributed by atoms with Crippen LogP contribution in [-0.2, 0) is 9.59 Å². The molecule has 2 bridgehead atoms. The molecule has 4 atom stereocenters. The predicted octanol–water partition coefficient (Wildman–Crippen LogP) is 3.53. The van der Waals surface area contributed by atoms with Gasteiger partial charge in [0.15, 0.2) is 0 Å². The topological polar surface area (TPSA) is 66.4 Å². The summed E-state index contributed by atoms with van der Waals surface area (Å²) in [5.41, 5.74) is 0.764. The van der Waals surface area contributed by atoms with Crippen LogP contribution in [0, 0.1) is 23.7 Å². The molecule has 2 aromatic carbocycles. The minimum atomic E-state index is -0.824. The van der Waals surface area contributed by atoms with Gasteiger partial charge in [-0.2, -0.15) is 0 Å². The van der Waals surface area contributed by atoms with Gasteiger partial charge in [-0.05, 0) is 42.6 Å². The standard InChI is InChI=1S/C19H19NO3/c21-18(16-12-8-9-13(10-12)17(16)19(22)23)20-15-7-3-5-11-4-1-2-6-14(11)15/h1-7,12-13,16-17H,8-10H2,(H,20,21)(H,22,23)/t12-,13+,16+,17-/m1/s1. The van der Waals surface area contributed by atoms with Gasteiger partial charge in [-0.25, -0.2) is 0 Å². The lowest BCUT2D eigenvalue weighted by Gasteiger charge is -2.27. The molecule has 0 heterocycles. The molecule has 0 aromatic heterocycles. The summed E-state index contributed by atoms with van der Waals surface area (Å²) >= 11 is 0. The number of anilines is 1. The van der Waals surface area contributed by atoms with E-state index < -0.39 is 17.8 Å². The number of hydrogen-bond acceptors (Lipinski definition) is 2. The number of carboxylic acid groups (broad SMARTS) is 1. The number of rotatable bonds is 3. The third kappa shape index (κ3) is 2.29. The summed E-state index contributed by atoms with van der Waals surface area (Å²) in [7, 11) is 0. The van der Waals surface area contributed by atoms with Crippen molar-refractivity contribution >= 4 is 28.3 Å². The number of amides is 1. The van der Waals surface area contributed by atoms with Gasteiger partial charge in [0.2, 0.25) is 5.91 Å². The Kier molecular flexibility index (Phi) is 3.33. The van der Waals surface area contributed by atoms with Crippen LogP contribution in [0.1, 0.15) is 19.3 Å². The van der Waals surface area contributed by atoms with Crippen molar-refractivity contribution < 1.29 is 14.7 Å². The van der Waals surface area contributed by atoms with Gasteiger partial charge >= 0.3 is 5.97 Å². The second-order valence-corrected chi connectivity index (χ2v) is 6.74. The van der Waals surface area contributed by atoms with Crippen LogP contribution in [0.5, 0.6) is 0 Å². The molecule has 2 fully saturated rings. The SMILES string of the molecule is O=C(O)[C@@H]1[C@H]2CC[C@H](C2)[C@@H]1C(=O)Nc1cccc2ccccc12. The first-order chi connectivity index (χ1) is 11.1. The lowest BCUT2D eigenvalue weighted by Crippen LogP contribution is -2.37. The quantitative estimate of drug-likeness (QED) is 0.911. The Hall–Kier alpha value is -2.36. The van der Waals surface area contributed by atoms with Gasteiger partial charge in [-0.1, -0.05) is 36.4 Å². The summed E-state index contributed by atoms with van der Waals surface area (Å²) < 4.78 is 0. The van der Waals surface area contributed by atoms with Crippen molar-refractivity contribution in [3.63, 3.8) is 0 Å². The molecule has 2 aliphatic rings. The largest absolute Gasteiger partial charge is 0.481 e. The highest BCUT2D eigenvalue weighted by molar-refractivity contribution is 6.04. The van der Waals surface area contributed by atoms with E-state index in [1.54, 1.807) is 0 Å². The molecule has 0 saturated heterocycles. The van der Waals surface area contributed by atoms with Crippen LogP contribution in [0.2, 0.25) is 0 Å². The van der Waals surface area contributed by atoms with Crippen LogP contribution in [0.3, 0.4) is 0 Å². The molecule has 2 saturated carbocycles. The molecule has 23 heavy (non-hydrogen) atoms. The summed E-state index contributed by atoms with van der Waals surface area (Å²) in [5.74, 6) is -1.50. The highest BCUT2D eigenvalue weighted by Crippen LogP contribution is 2.52. The minimum Gasteiger partial charge on any atom is -0.481 e. The highest BCUT2D eigenvalue weighted by Gasteiger charge is 2.53. The lowest BCUT2D eigenvalue weighted by atomic mass is 9.78. The average Bonchev–Trinajstić information content (AvgIpc) is 3.16. The van der Waals surface area contributed by atoms with E-state index in [1.165, 1.54) is 0 Å². The van der Waals surface area contributed by atoms with Crippen molar-refractivity contribution in [2.45, 2.75) is 19.3 Å². The summed E-state index contributed by atoms with van der Waals surface area (Å²) in [4.78, 5) is 24.4. The molecule has 4 nitrogen and oxygen atoms in total. The van der Waals surface area contributed by atoms with Gasteiger partial charge in [0, 0.05) is 11.1 Å². The van der Waals surface area contributed by atoms with Crippen molar-refractivity contribution in [2.75, 3.05) is 5.32 Å². The van der Waals surface area contributed by atoms with Crippen LogP contribution in [0.4, 0.5) is 5.69 Å².